The smallest absolute Gasteiger partial charge is 0.353 e. The standard InChI is InChI=1S/C16H13NO3.C4H8O2/c18-15(19)14-11-16(20-17-14,12-7-3-1-4-8-12)13-9-5-2-6-10-13;1-3-6-4(2)5/h1-10H,11H2,(H,18,19);3H2,1-2H3. The first-order chi connectivity index (χ1) is 12.5. The van der Waals surface area contributed by atoms with Gasteiger partial charge >= 0.3 is 11.9 Å². The van der Waals surface area contributed by atoms with Gasteiger partial charge < -0.3 is 14.7 Å². The van der Waals surface area contributed by atoms with E-state index in [1.807, 2.05) is 60.7 Å². The monoisotopic (exact) mass is 355 g/mol. The number of hydrogen-bond donors (Lipinski definition) is 1. The van der Waals surface area contributed by atoms with E-state index in [0.717, 1.165) is 11.1 Å². The minimum Gasteiger partial charge on any atom is -0.477 e. The summed E-state index contributed by atoms with van der Waals surface area (Å²) in [5.41, 5.74) is 0.978. The molecule has 2 aromatic carbocycles. The highest BCUT2D eigenvalue weighted by Gasteiger charge is 2.44. The van der Waals surface area contributed by atoms with Crippen molar-refractivity contribution in [1.82, 2.24) is 0 Å². The van der Waals surface area contributed by atoms with Gasteiger partial charge in [-0.3, -0.25) is 4.79 Å². The molecule has 0 bridgehead atoms. The Bertz CT molecular complexity index is 732. The fraction of sp³-hybridized carbons (Fsp3) is 0.250. The number of carbonyl (C=O) groups excluding carboxylic acids is 1. The molecule has 0 atom stereocenters. The van der Waals surface area contributed by atoms with Crippen LogP contribution in [-0.2, 0) is 24.8 Å². The van der Waals surface area contributed by atoms with Crippen LogP contribution < -0.4 is 0 Å². The molecular weight excluding hydrogens is 334 g/mol. The van der Waals surface area contributed by atoms with Gasteiger partial charge in [0.05, 0.1) is 13.0 Å². The Balaban J connectivity index is 0.000000352. The van der Waals surface area contributed by atoms with E-state index in [0.29, 0.717) is 6.61 Å². The van der Waals surface area contributed by atoms with E-state index in [-0.39, 0.29) is 18.1 Å². The van der Waals surface area contributed by atoms with Crippen molar-refractivity contribution in [2.24, 2.45) is 5.16 Å². The summed E-state index contributed by atoms with van der Waals surface area (Å²) in [6.45, 7) is 3.65. The van der Waals surface area contributed by atoms with E-state index in [1.165, 1.54) is 6.92 Å². The molecule has 0 radical (unpaired) electrons. The molecule has 3 rings (SSSR count). The second kappa shape index (κ2) is 8.80. The van der Waals surface area contributed by atoms with Gasteiger partial charge in [0.1, 0.15) is 0 Å². The Morgan fingerprint density at radius 3 is 1.88 bits per heavy atom. The lowest BCUT2D eigenvalue weighted by Gasteiger charge is -2.27. The van der Waals surface area contributed by atoms with Crippen LogP contribution in [0.15, 0.2) is 65.8 Å². The van der Waals surface area contributed by atoms with Crippen LogP contribution in [0, 0.1) is 0 Å². The van der Waals surface area contributed by atoms with Crippen LogP contribution >= 0.6 is 0 Å². The summed E-state index contributed by atoms with van der Waals surface area (Å²) in [5.74, 6) is -1.25. The van der Waals surface area contributed by atoms with E-state index in [2.05, 4.69) is 9.89 Å². The summed E-state index contributed by atoms with van der Waals surface area (Å²) in [6.07, 6.45) is 0.219. The second-order valence-electron chi connectivity index (χ2n) is 5.59. The maximum atomic E-state index is 11.1. The third-order valence-electron chi connectivity index (χ3n) is 3.80. The molecule has 0 aliphatic carbocycles. The van der Waals surface area contributed by atoms with Crippen molar-refractivity contribution in [2.75, 3.05) is 6.61 Å². The molecular formula is C20H21NO5. The number of aliphatic carboxylic acids is 1. The Morgan fingerprint density at radius 2 is 1.58 bits per heavy atom. The van der Waals surface area contributed by atoms with Crippen LogP contribution in [0.5, 0.6) is 0 Å². The fourth-order valence-electron chi connectivity index (χ4n) is 2.64. The quantitative estimate of drug-likeness (QED) is 0.850. The average Bonchev–Trinajstić information content (AvgIpc) is 3.11. The highest BCUT2D eigenvalue weighted by Crippen LogP contribution is 2.41. The Morgan fingerprint density at radius 1 is 1.08 bits per heavy atom. The molecule has 6 heteroatoms. The van der Waals surface area contributed by atoms with Crippen molar-refractivity contribution in [2.45, 2.75) is 25.9 Å². The van der Waals surface area contributed by atoms with Crippen LogP contribution in [0.1, 0.15) is 31.4 Å². The van der Waals surface area contributed by atoms with E-state index in [4.69, 9.17) is 9.94 Å². The summed E-state index contributed by atoms with van der Waals surface area (Å²) < 4.78 is 4.40. The number of esters is 1. The molecule has 136 valence electrons. The molecule has 2 aromatic rings. The van der Waals surface area contributed by atoms with Gasteiger partial charge in [0, 0.05) is 18.1 Å². The molecule has 1 N–H and O–H groups in total. The zero-order valence-corrected chi connectivity index (χ0v) is 14.7. The lowest BCUT2D eigenvalue weighted by atomic mass is 9.82. The molecule has 0 aromatic heterocycles. The van der Waals surface area contributed by atoms with Crippen LogP contribution in [0.3, 0.4) is 0 Å². The first-order valence-corrected chi connectivity index (χ1v) is 8.22. The van der Waals surface area contributed by atoms with E-state index in [1.54, 1.807) is 6.92 Å². The minimum atomic E-state index is -1.04. The maximum absolute atomic E-state index is 11.1. The molecule has 1 aliphatic rings. The largest absolute Gasteiger partial charge is 0.477 e. The minimum absolute atomic E-state index is 0.0395. The number of hydrogen-bond acceptors (Lipinski definition) is 5. The Labute approximate surface area is 152 Å². The predicted molar refractivity (Wildman–Crippen MR) is 96.7 cm³/mol. The van der Waals surface area contributed by atoms with Crippen molar-refractivity contribution >= 4 is 17.7 Å². The number of oxime groups is 1. The molecule has 0 saturated heterocycles. The van der Waals surface area contributed by atoms with Gasteiger partial charge in [-0.2, -0.15) is 0 Å². The summed E-state index contributed by atoms with van der Waals surface area (Å²) in [4.78, 5) is 26.6. The van der Waals surface area contributed by atoms with Crippen LogP contribution in [0.4, 0.5) is 0 Å². The first kappa shape index (κ1) is 19.2. The lowest BCUT2D eigenvalue weighted by molar-refractivity contribution is -0.140. The van der Waals surface area contributed by atoms with Gasteiger partial charge in [-0.25, -0.2) is 4.79 Å². The summed E-state index contributed by atoms with van der Waals surface area (Å²) in [6, 6.07) is 19.1. The molecule has 26 heavy (non-hydrogen) atoms. The van der Waals surface area contributed by atoms with E-state index in [9.17, 15) is 9.59 Å². The van der Waals surface area contributed by atoms with Gasteiger partial charge in [0.25, 0.3) is 0 Å². The third-order valence-corrected chi connectivity index (χ3v) is 3.80. The second-order valence-corrected chi connectivity index (χ2v) is 5.59. The third kappa shape index (κ3) is 4.47. The summed E-state index contributed by atoms with van der Waals surface area (Å²) in [7, 11) is 0. The number of rotatable bonds is 4. The molecule has 0 fully saturated rings. The number of carboxylic acid groups (broad SMARTS) is 1. The van der Waals surface area contributed by atoms with Crippen molar-refractivity contribution < 1.29 is 24.3 Å². The normalized spacial score (nSPS) is 14.3. The SMILES string of the molecule is CCOC(C)=O.O=C(O)C1=NOC(c2ccccc2)(c2ccccc2)C1. The number of benzene rings is 2. The van der Waals surface area contributed by atoms with Crippen LogP contribution in [-0.4, -0.2) is 29.4 Å². The predicted octanol–water partition coefficient (Wildman–Crippen LogP) is 3.36. The summed E-state index contributed by atoms with van der Waals surface area (Å²) >= 11 is 0. The molecule has 1 aliphatic heterocycles. The van der Waals surface area contributed by atoms with Gasteiger partial charge in [0.2, 0.25) is 0 Å². The molecule has 0 spiro atoms. The topological polar surface area (TPSA) is 85.2 Å². The number of nitrogens with zero attached hydrogens (tertiary/aromatic N) is 1. The highest BCUT2D eigenvalue weighted by atomic mass is 16.7. The van der Waals surface area contributed by atoms with Gasteiger partial charge in [0.15, 0.2) is 11.3 Å². The van der Waals surface area contributed by atoms with Gasteiger partial charge in [-0.1, -0.05) is 65.8 Å². The first-order valence-electron chi connectivity index (χ1n) is 8.22. The van der Waals surface area contributed by atoms with Crippen molar-refractivity contribution in [1.29, 1.82) is 0 Å². The molecule has 0 amide bonds. The highest BCUT2D eigenvalue weighted by molar-refractivity contribution is 6.36. The molecule has 0 saturated carbocycles. The number of carbonyl (C=O) groups is 2. The van der Waals surface area contributed by atoms with Gasteiger partial charge in [-0.05, 0) is 6.92 Å². The van der Waals surface area contributed by atoms with Crippen molar-refractivity contribution in [3.63, 3.8) is 0 Å². The molecule has 6 nitrogen and oxygen atoms in total. The Kier molecular flexibility index (Phi) is 6.49. The van der Waals surface area contributed by atoms with E-state index < -0.39 is 11.6 Å². The zero-order valence-electron chi connectivity index (χ0n) is 14.7. The fourth-order valence-corrected chi connectivity index (χ4v) is 2.64. The zero-order chi connectivity index (χ0) is 19.0. The molecule has 0 unspecified atom stereocenters. The maximum Gasteiger partial charge on any atom is 0.353 e. The number of ether oxygens (including phenoxy) is 1. The Hall–Kier alpha value is -3.15. The number of carboxylic acids is 1. The van der Waals surface area contributed by atoms with Crippen LogP contribution in [0.25, 0.3) is 0 Å². The van der Waals surface area contributed by atoms with Gasteiger partial charge in [-0.15, -0.1) is 0 Å². The summed E-state index contributed by atoms with van der Waals surface area (Å²) in [5, 5.41) is 12.9. The van der Waals surface area contributed by atoms with Crippen LogP contribution in [0.2, 0.25) is 0 Å². The van der Waals surface area contributed by atoms with E-state index >= 15 is 0 Å². The van der Waals surface area contributed by atoms with Crippen molar-refractivity contribution in [3.05, 3.63) is 71.8 Å². The van der Waals surface area contributed by atoms with Crippen molar-refractivity contribution in [3.8, 4) is 0 Å². The lowest BCUT2D eigenvalue weighted by Crippen LogP contribution is -2.29. The average molecular weight is 355 g/mol. The molecule has 1 heterocycles.